The summed E-state index contributed by atoms with van der Waals surface area (Å²) in [5.74, 6) is -3.14. The molecule has 0 bridgehead atoms. The largest absolute Gasteiger partial charge is 0.397 e. The molecule has 0 unspecified atom stereocenters. The fraction of sp³-hybridized carbons (Fsp3) is 0. The molecule has 2 aromatic rings. The predicted molar refractivity (Wildman–Crippen MR) is 69.9 cm³/mol. The standard InChI is InChI=1S/C12H9ClF3N3/c13-9-6(17)4-7(18)12(11(9)16)19-8-3-1-2-5(14)10(8)15/h1-4,19H,17-18H2. The van der Waals surface area contributed by atoms with Crippen LogP contribution in [-0.2, 0) is 0 Å². The van der Waals surface area contributed by atoms with Gasteiger partial charge in [0.05, 0.1) is 22.7 Å². The summed E-state index contributed by atoms with van der Waals surface area (Å²) in [6.45, 7) is 0. The smallest absolute Gasteiger partial charge is 0.182 e. The van der Waals surface area contributed by atoms with Crippen molar-refractivity contribution in [3.63, 3.8) is 0 Å². The molecule has 0 aliphatic rings. The topological polar surface area (TPSA) is 64.1 Å². The second kappa shape index (κ2) is 4.89. The van der Waals surface area contributed by atoms with Gasteiger partial charge in [0.25, 0.3) is 0 Å². The van der Waals surface area contributed by atoms with E-state index in [9.17, 15) is 13.2 Å². The lowest BCUT2D eigenvalue weighted by atomic mass is 10.2. The second-order valence-corrected chi connectivity index (χ2v) is 4.16. The van der Waals surface area contributed by atoms with Gasteiger partial charge >= 0.3 is 0 Å². The molecule has 2 rings (SSSR count). The van der Waals surface area contributed by atoms with Crippen molar-refractivity contribution in [3.05, 3.63) is 46.7 Å². The monoisotopic (exact) mass is 287 g/mol. The van der Waals surface area contributed by atoms with Gasteiger partial charge in [-0.3, -0.25) is 0 Å². The number of rotatable bonds is 2. The van der Waals surface area contributed by atoms with E-state index in [0.717, 1.165) is 6.07 Å². The van der Waals surface area contributed by atoms with Crippen LogP contribution in [-0.4, -0.2) is 0 Å². The summed E-state index contributed by atoms with van der Waals surface area (Å²) in [6.07, 6.45) is 0. The molecule has 0 saturated heterocycles. The molecule has 0 saturated carbocycles. The Kier molecular flexibility index (Phi) is 3.44. The van der Waals surface area contributed by atoms with Crippen LogP contribution in [0.4, 0.5) is 35.9 Å². The number of nitrogens with two attached hydrogens (primary N) is 2. The Morgan fingerprint density at radius 3 is 2.37 bits per heavy atom. The van der Waals surface area contributed by atoms with Crippen molar-refractivity contribution in [2.45, 2.75) is 0 Å². The van der Waals surface area contributed by atoms with Crippen molar-refractivity contribution in [1.29, 1.82) is 0 Å². The van der Waals surface area contributed by atoms with E-state index in [-0.39, 0.29) is 27.8 Å². The SMILES string of the molecule is Nc1cc(N)c(Nc2cccc(F)c2F)c(F)c1Cl. The molecule has 0 heterocycles. The average Bonchev–Trinajstić information content (AvgIpc) is 2.37. The first kappa shape index (κ1) is 13.4. The Balaban J connectivity index is 2.50. The number of anilines is 4. The summed E-state index contributed by atoms with van der Waals surface area (Å²) in [5, 5.41) is 2.02. The van der Waals surface area contributed by atoms with Crippen molar-refractivity contribution in [3.8, 4) is 0 Å². The molecule has 19 heavy (non-hydrogen) atoms. The third kappa shape index (κ3) is 2.39. The number of halogens is 4. The van der Waals surface area contributed by atoms with Gasteiger partial charge in [-0.15, -0.1) is 0 Å². The van der Waals surface area contributed by atoms with E-state index in [1.165, 1.54) is 18.2 Å². The molecular formula is C12H9ClF3N3. The highest BCUT2D eigenvalue weighted by atomic mass is 35.5. The van der Waals surface area contributed by atoms with Crippen molar-refractivity contribution >= 4 is 34.4 Å². The Morgan fingerprint density at radius 1 is 1.00 bits per heavy atom. The van der Waals surface area contributed by atoms with E-state index in [2.05, 4.69) is 5.32 Å². The molecule has 5 N–H and O–H groups in total. The van der Waals surface area contributed by atoms with Crippen LogP contribution in [0.25, 0.3) is 0 Å². The summed E-state index contributed by atoms with van der Waals surface area (Å²) >= 11 is 5.63. The third-order valence-electron chi connectivity index (χ3n) is 2.48. The van der Waals surface area contributed by atoms with Crippen molar-refractivity contribution in [2.75, 3.05) is 16.8 Å². The molecule has 7 heteroatoms. The summed E-state index contributed by atoms with van der Waals surface area (Å²) in [6, 6.07) is 4.68. The molecule has 0 aliphatic carbocycles. The zero-order valence-electron chi connectivity index (χ0n) is 9.48. The lowest BCUT2D eigenvalue weighted by Crippen LogP contribution is -2.04. The van der Waals surface area contributed by atoms with Crippen LogP contribution in [0.3, 0.4) is 0 Å². The van der Waals surface area contributed by atoms with E-state index in [4.69, 9.17) is 23.1 Å². The lowest BCUT2D eigenvalue weighted by molar-refractivity contribution is 0.511. The summed E-state index contributed by atoms with van der Waals surface area (Å²) in [5.41, 5.74) is 10.4. The fourth-order valence-electron chi connectivity index (χ4n) is 1.53. The molecule has 0 spiro atoms. The quantitative estimate of drug-likeness (QED) is 0.739. The molecule has 100 valence electrons. The molecule has 0 aromatic heterocycles. The Morgan fingerprint density at radius 2 is 1.68 bits per heavy atom. The molecule has 0 atom stereocenters. The van der Waals surface area contributed by atoms with Crippen LogP contribution in [0.1, 0.15) is 0 Å². The first-order valence-electron chi connectivity index (χ1n) is 5.15. The molecular weight excluding hydrogens is 279 g/mol. The van der Waals surface area contributed by atoms with Crippen LogP contribution in [0.15, 0.2) is 24.3 Å². The van der Waals surface area contributed by atoms with Crippen molar-refractivity contribution in [1.82, 2.24) is 0 Å². The molecule has 0 aliphatic heterocycles. The first-order chi connectivity index (χ1) is 8.91. The van der Waals surface area contributed by atoms with Crippen LogP contribution in [0.5, 0.6) is 0 Å². The van der Waals surface area contributed by atoms with Gasteiger partial charge in [-0.1, -0.05) is 17.7 Å². The number of nitrogen functional groups attached to an aromatic ring is 2. The van der Waals surface area contributed by atoms with Gasteiger partial charge in [-0.2, -0.15) is 0 Å². The van der Waals surface area contributed by atoms with Crippen LogP contribution >= 0.6 is 11.6 Å². The van der Waals surface area contributed by atoms with E-state index in [0.29, 0.717) is 0 Å². The third-order valence-corrected chi connectivity index (χ3v) is 2.86. The van der Waals surface area contributed by atoms with E-state index >= 15 is 0 Å². The maximum absolute atomic E-state index is 13.9. The Bertz CT molecular complexity index is 647. The Hall–Kier alpha value is -2.08. The van der Waals surface area contributed by atoms with Gasteiger partial charge in [0, 0.05) is 0 Å². The van der Waals surface area contributed by atoms with Gasteiger partial charge in [-0.05, 0) is 18.2 Å². The lowest BCUT2D eigenvalue weighted by Gasteiger charge is -2.13. The first-order valence-corrected chi connectivity index (χ1v) is 5.53. The van der Waals surface area contributed by atoms with Crippen LogP contribution < -0.4 is 16.8 Å². The van der Waals surface area contributed by atoms with Gasteiger partial charge in [0.1, 0.15) is 5.02 Å². The number of nitrogens with one attached hydrogen (secondary N) is 1. The van der Waals surface area contributed by atoms with E-state index in [1.807, 2.05) is 0 Å². The second-order valence-electron chi connectivity index (χ2n) is 3.78. The molecule has 0 fully saturated rings. The normalized spacial score (nSPS) is 10.5. The van der Waals surface area contributed by atoms with Crippen LogP contribution in [0, 0.1) is 17.5 Å². The summed E-state index contributed by atoms with van der Waals surface area (Å²) in [4.78, 5) is 0. The molecule has 2 aromatic carbocycles. The number of benzene rings is 2. The maximum atomic E-state index is 13.9. The Labute approximate surface area is 112 Å². The highest BCUT2D eigenvalue weighted by molar-refractivity contribution is 6.33. The van der Waals surface area contributed by atoms with Crippen molar-refractivity contribution < 1.29 is 13.2 Å². The number of hydrogen-bond donors (Lipinski definition) is 3. The van der Waals surface area contributed by atoms with Gasteiger partial charge in [-0.25, -0.2) is 13.2 Å². The van der Waals surface area contributed by atoms with E-state index < -0.39 is 17.5 Å². The number of hydrogen-bond acceptors (Lipinski definition) is 3. The summed E-state index contributed by atoms with van der Waals surface area (Å²) in [7, 11) is 0. The zero-order valence-corrected chi connectivity index (χ0v) is 10.2. The van der Waals surface area contributed by atoms with Crippen LogP contribution in [0.2, 0.25) is 5.02 Å². The van der Waals surface area contributed by atoms with Gasteiger partial charge in [0.2, 0.25) is 0 Å². The molecule has 0 radical (unpaired) electrons. The average molecular weight is 288 g/mol. The van der Waals surface area contributed by atoms with Gasteiger partial charge < -0.3 is 16.8 Å². The van der Waals surface area contributed by atoms with Gasteiger partial charge in [0.15, 0.2) is 17.5 Å². The minimum Gasteiger partial charge on any atom is -0.397 e. The van der Waals surface area contributed by atoms with E-state index in [1.54, 1.807) is 0 Å². The predicted octanol–water partition coefficient (Wildman–Crippen LogP) is 3.67. The minimum atomic E-state index is -1.14. The fourth-order valence-corrected chi connectivity index (χ4v) is 1.68. The zero-order chi connectivity index (χ0) is 14.2. The minimum absolute atomic E-state index is 0.0399. The molecule has 3 nitrogen and oxygen atoms in total. The highest BCUT2D eigenvalue weighted by Crippen LogP contribution is 2.36. The maximum Gasteiger partial charge on any atom is 0.182 e. The highest BCUT2D eigenvalue weighted by Gasteiger charge is 2.16. The summed E-state index contributed by atoms with van der Waals surface area (Å²) < 4.78 is 40.4. The van der Waals surface area contributed by atoms with Crippen molar-refractivity contribution in [2.24, 2.45) is 0 Å². The molecule has 0 amide bonds.